The molecule has 2 aromatic rings. The highest BCUT2D eigenvalue weighted by molar-refractivity contribution is 7.90. The summed E-state index contributed by atoms with van der Waals surface area (Å²) in [6.07, 6.45) is 10.4. The first-order valence-corrected chi connectivity index (χ1v) is 13.0. The minimum absolute atomic E-state index is 0.195. The van der Waals surface area contributed by atoms with Crippen LogP contribution in [0.25, 0.3) is 0 Å². The molecule has 4 rings (SSSR count). The molecule has 6 nitrogen and oxygen atoms in total. The Bertz CT molecular complexity index is 941. The molecule has 0 atom stereocenters. The molecule has 0 radical (unpaired) electrons. The van der Waals surface area contributed by atoms with Gasteiger partial charge in [0.2, 0.25) is 15.0 Å². The number of aliphatic hydroxyl groups is 1. The number of imidazole rings is 1. The third kappa shape index (κ3) is 4.79. The van der Waals surface area contributed by atoms with Gasteiger partial charge in [-0.3, -0.25) is 4.90 Å². The molecule has 1 aromatic carbocycles. The Morgan fingerprint density at radius 2 is 1.77 bits per heavy atom. The van der Waals surface area contributed by atoms with Crippen LogP contribution in [0.5, 0.6) is 0 Å². The van der Waals surface area contributed by atoms with Crippen molar-refractivity contribution < 1.29 is 13.5 Å². The van der Waals surface area contributed by atoms with Crippen molar-refractivity contribution >= 4 is 9.84 Å². The molecule has 1 aliphatic carbocycles. The summed E-state index contributed by atoms with van der Waals surface area (Å²) in [7, 11) is -3.37. The van der Waals surface area contributed by atoms with E-state index in [1.165, 1.54) is 25.5 Å². The smallest absolute Gasteiger partial charge is 0.227 e. The molecule has 1 saturated carbocycles. The molecule has 2 heterocycles. The minimum atomic E-state index is -3.37. The van der Waals surface area contributed by atoms with Crippen LogP contribution >= 0.6 is 0 Å². The predicted molar refractivity (Wildman–Crippen MR) is 117 cm³/mol. The van der Waals surface area contributed by atoms with E-state index in [4.69, 9.17) is 0 Å². The third-order valence-electron chi connectivity index (χ3n) is 6.78. The topological polar surface area (TPSA) is 75.4 Å². The van der Waals surface area contributed by atoms with E-state index in [0.29, 0.717) is 25.3 Å². The van der Waals surface area contributed by atoms with E-state index in [1.807, 2.05) is 34.9 Å². The number of aromatic nitrogens is 2. The van der Waals surface area contributed by atoms with Crippen LogP contribution in [-0.4, -0.2) is 47.3 Å². The number of nitrogens with zero attached hydrogens (tertiary/aromatic N) is 3. The largest absolute Gasteiger partial charge is 0.385 e. The van der Waals surface area contributed by atoms with Crippen LogP contribution < -0.4 is 0 Å². The van der Waals surface area contributed by atoms with Crippen molar-refractivity contribution in [2.75, 3.05) is 19.3 Å². The Hall–Kier alpha value is -1.70. The Morgan fingerprint density at radius 3 is 2.40 bits per heavy atom. The Balaban J connectivity index is 1.47. The molecule has 1 saturated heterocycles. The van der Waals surface area contributed by atoms with Gasteiger partial charge in [0.05, 0.1) is 17.5 Å². The first-order chi connectivity index (χ1) is 14.4. The maximum atomic E-state index is 12.3. The first kappa shape index (κ1) is 21.5. The van der Waals surface area contributed by atoms with Crippen molar-refractivity contribution in [3.63, 3.8) is 0 Å². The van der Waals surface area contributed by atoms with Gasteiger partial charge in [-0.1, -0.05) is 49.6 Å². The van der Waals surface area contributed by atoms with E-state index < -0.39 is 15.4 Å². The van der Waals surface area contributed by atoms with Crippen LogP contribution in [0.15, 0.2) is 41.7 Å². The van der Waals surface area contributed by atoms with E-state index in [0.717, 1.165) is 43.7 Å². The van der Waals surface area contributed by atoms with Crippen molar-refractivity contribution in [3.8, 4) is 0 Å². The molecule has 1 aliphatic heterocycles. The summed E-state index contributed by atoms with van der Waals surface area (Å²) in [5, 5.41) is 11.3. The number of hydrogen-bond donors (Lipinski definition) is 1. The number of piperidine rings is 1. The van der Waals surface area contributed by atoms with Crippen molar-refractivity contribution in [2.24, 2.45) is 5.92 Å². The SMILES string of the molecule is CS(=O)(=O)c1ncc(CN2CCC(O)(c3ccccc3)CC2)n1CC1CCCCC1. The van der Waals surface area contributed by atoms with Gasteiger partial charge in [-0.05, 0) is 37.2 Å². The second-order valence-electron chi connectivity index (χ2n) is 9.09. The molecule has 2 aliphatic rings. The van der Waals surface area contributed by atoms with Gasteiger partial charge in [0.25, 0.3) is 0 Å². The summed E-state index contributed by atoms with van der Waals surface area (Å²) in [6.45, 7) is 2.95. The first-order valence-electron chi connectivity index (χ1n) is 11.1. The lowest BCUT2D eigenvalue weighted by molar-refractivity contribution is -0.0282. The lowest BCUT2D eigenvalue weighted by Gasteiger charge is -2.38. The standard InChI is InChI=1S/C23H33N3O3S/c1-30(28,29)22-24-16-21(26(22)17-19-8-4-2-5-9-19)18-25-14-12-23(27,13-15-25)20-10-6-3-7-11-20/h3,6-7,10-11,16,19,27H,2,4-5,8-9,12-15,17-18H2,1H3. The van der Waals surface area contributed by atoms with Crippen LogP contribution in [0.2, 0.25) is 0 Å². The summed E-state index contributed by atoms with van der Waals surface area (Å²) in [5.74, 6) is 0.525. The maximum Gasteiger partial charge on any atom is 0.227 e. The Kier molecular flexibility index (Phi) is 6.32. The lowest BCUT2D eigenvalue weighted by atomic mass is 9.84. The highest BCUT2D eigenvalue weighted by atomic mass is 32.2. The van der Waals surface area contributed by atoms with E-state index in [-0.39, 0.29) is 5.16 Å². The molecule has 0 amide bonds. The van der Waals surface area contributed by atoms with Crippen LogP contribution in [-0.2, 0) is 28.5 Å². The molecule has 1 aromatic heterocycles. The van der Waals surface area contributed by atoms with Gasteiger partial charge in [-0.25, -0.2) is 13.4 Å². The zero-order chi connectivity index (χ0) is 21.2. The van der Waals surface area contributed by atoms with Gasteiger partial charge in [-0.2, -0.15) is 0 Å². The monoisotopic (exact) mass is 431 g/mol. The molecule has 30 heavy (non-hydrogen) atoms. The molecule has 2 fully saturated rings. The second-order valence-corrected chi connectivity index (χ2v) is 11.0. The van der Waals surface area contributed by atoms with E-state index in [2.05, 4.69) is 9.88 Å². The summed E-state index contributed by atoms with van der Waals surface area (Å²) in [5.41, 5.74) is 1.16. The zero-order valence-corrected chi connectivity index (χ0v) is 18.6. The predicted octanol–water partition coefficient (Wildman–Crippen LogP) is 3.35. The van der Waals surface area contributed by atoms with Gasteiger partial charge in [0.1, 0.15) is 0 Å². The van der Waals surface area contributed by atoms with Crippen LogP contribution in [0.3, 0.4) is 0 Å². The zero-order valence-electron chi connectivity index (χ0n) is 17.8. The number of sulfone groups is 1. The fourth-order valence-corrected chi connectivity index (χ4v) is 5.82. The van der Waals surface area contributed by atoms with Crippen LogP contribution in [0.1, 0.15) is 56.2 Å². The van der Waals surface area contributed by atoms with Crippen molar-refractivity contribution in [2.45, 2.75) is 68.8 Å². The van der Waals surface area contributed by atoms with Crippen LogP contribution in [0.4, 0.5) is 0 Å². The second kappa shape index (κ2) is 8.81. The molecule has 0 spiro atoms. The third-order valence-corrected chi connectivity index (χ3v) is 7.77. The van der Waals surface area contributed by atoms with Crippen molar-refractivity contribution in [1.82, 2.24) is 14.5 Å². The summed E-state index contributed by atoms with van der Waals surface area (Å²) in [4.78, 5) is 6.60. The number of likely N-dealkylation sites (tertiary alicyclic amines) is 1. The summed E-state index contributed by atoms with van der Waals surface area (Å²) in [6, 6.07) is 9.89. The average Bonchev–Trinajstić information content (AvgIpc) is 3.14. The molecule has 7 heteroatoms. The van der Waals surface area contributed by atoms with Crippen molar-refractivity contribution in [1.29, 1.82) is 0 Å². The highest BCUT2D eigenvalue weighted by Gasteiger charge is 2.34. The lowest BCUT2D eigenvalue weighted by Crippen LogP contribution is -2.42. The van der Waals surface area contributed by atoms with Gasteiger partial charge in [0.15, 0.2) is 0 Å². The van der Waals surface area contributed by atoms with Crippen LogP contribution in [0, 0.1) is 5.92 Å². The van der Waals surface area contributed by atoms with E-state index in [9.17, 15) is 13.5 Å². The number of benzene rings is 1. The van der Waals surface area contributed by atoms with Gasteiger partial charge in [-0.15, -0.1) is 0 Å². The molecule has 164 valence electrons. The van der Waals surface area contributed by atoms with E-state index >= 15 is 0 Å². The molecular weight excluding hydrogens is 398 g/mol. The van der Waals surface area contributed by atoms with Gasteiger partial charge < -0.3 is 9.67 Å². The fourth-order valence-electron chi connectivity index (χ4n) is 4.98. The minimum Gasteiger partial charge on any atom is -0.385 e. The van der Waals surface area contributed by atoms with Gasteiger partial charge in [0, 0.05) is 32.4 Å². The molecule has 0 bridgehead atoms. The van der Waals surface area contributed by atoms with Crippen molar-refractivity contribution in [3.05, 3.63) is 47.8 Å². The Morgan fingerprint density at radius 1 is 1.10 bits per heavy atom. The Labute approximate surface area is 179 Å². The molecule has 1 N–H and O–H groups in total. The normalized spacial score (nSPS) is 21.0. The summed E-state index contributed by atoms with van der Waals surface area (Å²) >= 11 is 0. The van der Waals surface area contributed by atoms with Gasteiger partial charge >= 0.3 is 0 Å². The van der Waals surface area contributed by atoms with E-state index in [1.54, 1.807) is 6.20 Å². The highest BCUT2D eigenvalue weighted by Crippen LogP contribution is 2.33. The number of hydrogen-bond acceptors (Lipinski definition) is 5. The fraction of sp³-hybridized carbons (Fsp3) is 0.609. The molecular formula is C23H33N3O3S. The maximum absolute atomic E-state index is 12.3. The quantitative estimate of drug-likeness (QED) is 0.759. The summed E-state index contributed by atoms with van der Waals surface area (Å²) < 4.78 is 26.6. The average molecular weight is 432 g/mol. The number of rotatable bonds is 6. The molecule has 0 unspecified atom stereocenters.